The van der Waals surface area contributed by atoms with Crippen molar-refractivity contribution in [2.75, 3.05) is 6.54 Å². The number of hydrogen-bond acceptors (Lipinski definition) is 6. The fourth-order valence-corrected chi connectivity index (χ4v) is 2.90. The van der Waals surface area contributed by atoms with Crippen LogP contribution in [0.1, 0.15) is 22.8 Å². The third-order valence-electron chi connectivity index (χ3n) is 4.12. The van der Waals surface area contributed by atoms with Crippen LogP contribution in [0.2, 0.25) is 0 Å². The summed E-state index contributed by atoms with van der Waals surface area (Å²) in [5, 5.41) is 3.96. The van der Waals surface area contributed by atoms with Crippen LogP contribution in [0.5, 0.6) is 0 Å². The predicted octanol–water partition coefficient (Wildman–Crippen LogP) is 2.60. The van der Waals surface area contributed by atoms with Gasteiger partial charge >= 0.3 is 6.18 Å². The van der Waals surface area contributed by atoms with Crippen molar-refractivity contribution in [1.29, 1.82) is 0 Å². The number of rotatable bonds is 3. The quantitative estimate of drug-likeness (QED) is 0.767. The Hall–Kier alpha value is -2.88. The molecule has 0 bridgehead atoms. The van der Waals surface area contributed by atoms with Crippen LogP contribution >= 0.6 is 0 Å². The molecule has 3 aromatic heterocycles. The molecule has 7 nitrogen and oxygen atoms in total. The van der Waals surface area contributed by atoms with Crippen LogP contribution in [-0.4, -0.2) is 26.6 Å². The minimum Gasteiger partial charge on any atom is -0.461 e. The summed E-state index contributed by atoms with van der Waals surface area (Å²) in [5.74, 6) is -0.223. The summed E-state index contributed by atoms with van der Waals surface area (Å²) in [4.78, 5) is 19.3. The van der Waals surface area contributed by atoms with Crippen molar-refractivity contribution in [1.82, 2.24) is 20.0 Å². The Kier molecular flexibility index (Phi) is 3.91. The maximum absolute atomic E-state index is 12.8. The van der Waals surface area contributed by atoms with Gasteiger partial charge in [0.25, 0.3) is 5.56 Å². The van der Waals surface area contributed by atoms with Gasteiger partial charge in [-0.15, -0.1) is 0 Å². The number of nitrogens with one attached hydrogen (secondary N) is 1. The maximum Gasteiger partial charge on any atom is 0.449 e. The van der Waals surface area contributed by atoms with Gasteiger partial charge in [-0.3, -0.25) is 9.69 Å². The van der Waals surface area contributed by atoms with E-state index in [1.54, 1.807) is 18.2 Å². The van der Waals surface area contributed by atoms with E-state index < -0.39 is 17.6 Å². The third kappa shape index (κ3) is 3.15. The Morgan fingerprint density at radius 2 is 2.15 bits per heavy atom. The van der Waals surface area contributed by atoms with Crippen molar-refractivity contribution >= 4 is 0 Å². The smallest absolute Gasteiger partial charge is 0.449 e. The molecule has 0 aromatic carbocycles. The summed E-state index contributed by atoms with van der Waals surface area (Å²) in [7, 11) is 0. The van der Waals surface area contributed by atoms with Gasteiger partial charge in [0, 0.05) is 32.1 Å². The lowest BCUT2D eigenvalue weighted by molar-refractivity contribution is -0.145. The summed E-state index contributed by atoms with van der Waals surface area (Å²) < 4.78 is 48.7. The summed E-state index contributed by atoms with van der Waals surface area (Å²) in [6.07, 6.45) is -2.90. The number of furan rings is 1. The topological polar surface area (TPSA) is 88.2 Å². The zero-order valence-electron chi connectivity index (χ0n) is 13.3. The molecule has 136 valence electrons. The van der Waals surface area contributed by atoms with Crippen LogP contribution in [0, 0.1) is 0 Å². The van der Waals surface area contributed by atoms with Gasteiger partial charge in [-0.25, -0.2) is 4.98 Å². The zero-order chi connectivity index (χ0) is 18.3. The van der Waals surface area contributed by atoms with E-state index in [9.17, 15) is 18.0 Å². The molecule has 1 aliphatic rings. The van der Waals surface area contributed by atoms with Crippen LogP contribution in [0.25, 0.3) is 11.5 Å². The fraction of sp³-hybridized carbons (Fsp3) is 0.312. The second-order valence-corrected chi connectivity index (χ2v) is 5.96. The lowest BCUT2D eigenvalue weighted by Gasteiger charge is -2.26. The Bertz CT molecular complexity index is 976. The molecule has 0 atom stereocenters. The van der Waals surface area contributed by atoms with Crippen LogP contribution in [0.4, 0.5) is 13.2 Å². The van der Waals surface area contributed by atoms with E-state index in [0.29, 0.717) is 30.3 Å². The second kappa shape index (κ2) is 6.13. The summed E-state index contributed by atoms with van der Waals surface area (Å²) in [6.45, 7) is 1.05. The van der Waals surface area contributed by atoms with E-state index in [1.165, 1.54) is 6.26 Å². The van der Waals surface area contributed by atoms with Crippen molar-refractivity contribution in [2.45, 2.75) is 25.7 Å². The Balaban J connectivity index is 1.51. The first-order chi connectivity index (χ1) is 12.4. The molecule has 3 aromatic rings. The highest BCUT2D eigenvalue weighted by Crippen LogP contribution is 2.27. The predicted molar refractivity (Wildman–Crippen MR) is 81.9 cm³/mol. The Morgan fingerprint density at radius 1 is 1.31 bits per heavy atom. The Labute approximate surface area is 144 Å². The first-order valence-corrected chi connectivity index (χ1v) is 7.81. The number of aromatic nitrogens is 3. The average Bonchev–Trinajstić information content (AvgIpc) is 3.25. The molecule has 10 heteroatoms. The first kappa shape index (κ1) is 16.6. The summed E-state index contributed by atoms with van der Waals surface area (Å²) >= 11 is 0. The minimum atomic E-state index is -4.67. The number of fused-ring (bicyclic) bond motifs is 1. The molecule has 0 radical (unpaired) electrons. The number of alkyl halides is 3. The standard InChI is InChI=1S/C16H13F3N4O3/c17-16(18,19)15-20-11-3-4-23(8-10(11)14(24)21-15)7-9-6-13(26-22-9)12-2-1-5-25-12/h1-2,5-6H,3-4,7-8H2,(H,20,21,24). The Morgan fingerprint density at radius 3 is 2.88 bits per heavy atom. The highest BCUT2D eigenvalue weighted by molar-refractivity contribution is 5.49. The third-order valence-corrected chi connectivity index (χ3v) is 4.12. The first-order valence-electron chi connectivity index (χ1n) is 7.81. The van der Waals surface area contributed by atoms with Gasteiger partial charge in [-0.1, -0.05) is 5.16 Å². The number of halogens is 3. The molecule has 4 rings (SSSR count). The summed E-state index contributed by atoms with van der Waals surface area (Å²) in [6, 6.07) is 5.20. The molecule has 0 spiro atoms. The van der Waals surface area contributed by atoms with Crippen LogP contribution in [0.3, 0.4) is 0 Å². The number of H-pyrrole nitrogens is 1. The van der Waals surface area contributed by atoms with Crippen molar-refractivity contribution in [3.05, 3.63) is 57.6 Å². The molecule has 0 saturated heterocycles. The van der Waals surface area contributed by atoms with Crippen molar-refractivity contribution in [3.63, 3.8) is 0 Å². The van der Waals surface area contributed by atoms with Gasteiger partial charge in [0.1, 0.15) is 0 Å². The molecule has 4 heterocycles. The maximum atomic E-state index is 12.8. The molecule has 1 N–H and O–H groups in total. The van der Waals surface area contributed by atoms with Gasteiger partial charge in [0.05, 0.1) is 23.2 Å². The van der Waals surface area contributed by atoms with Gasteiger partial charge in [0.15, 0.2) is 5.76 Å². The zero-order valence-corrected chi connectivity index (χ0v) is 13.3. The van der Waals surface area contributed by atoms with E-state index in [-0.39, 0.29) is 24.2 Å². The molecule has 0 aliphatic carbocycles. The molecule has 0 amide bonds. The van der Waals surface area contributed by atoms with Crippen molar-refractivity contribution in [3.8, 4) is 11.5 Å². The summed E-state index contributed by atoms with van der Waals surface area (Å²) in [5.41, 5.74) is 0.312. The molecule has 26 heavy (non-hydrogen) atoms. The molecule has 0 unspecified atom stereocenters. The molecule has 1 aliphatic heterocycles. The highest BCUT2D eigenvalue weighted by Gasteiger charge is 2.36. The van der Waals surface area contributed by atoms with E-state index in [1.807, 2.05) is 9.88 Å². The van der Waals surface area contributed by atoms with E-state index in [0.717, 1.165) is 0 Å². The van der Waals surface area contributed by atoms with E-state index in [4.69, 9.17) is 8.94 Å². The number of nitrogens with zero attached hydrogens (tertiary/aromatic N) is 3. The molecular weight excluding hydrogens is 353 g/mol. The SMILES string of the molecule is O=c1[nH]c(C(F)(F)F)nc2c1CN(Cc1cc(-c3ccco3)on1)CC2. The molecule has 0 saturated carbocycles. The van der Waals surface area contributed by atoms with Crippen LogP contribution in [-0.2, 0) is 25.7 Å². The van der Waals surface area contributed by atoms with Gasteiger partial charge in [-0.05, 0) is 12.1 Å². The second-order valence-electron chi connectivity index (χ2n) is 5.96. The normalized spacial score (nSPS) is 15.2. The molecule has 0 fully saturated rings. The lowest BCUT2D eigenvalue weighted by Crippen LogP contribution is -2.36. The lowest BCUT2D eigenvalue weighted by atomic mass is 10.1. The minimum absolute atomic E-state index is 0.189. The van der Waals surface area contributed by atoms with Crippen molar-refractivity contribution in [2.24, 2.45) is 0 Å². The van der Waals surface area contributed by atoms with Crippen molar-refractivity contribution < 1.29 is 22.1 Å². The van der Waals surface area contributed by atoms with Gasteiger partial charge in [-0.2, -0.15) is 13.2 Å². The van der Waals surface area contributed by atoms with E-state index >= 15 is 0 Å². The van der Waals surface area contributed by atoms with E-state index in [2.05, 4.69) is 10.1 Å². The van der Waals surface area contributed by atoms with Gasteiger partial charge in [0.2, 0.25) is 11.6 Å². The number of aromatic amines is 1. The number of hydrogen-bond donors (Lipinski definition) is 1. The average molecular weight is 366 g/mol. The molecular formula is C16H13F3N4O3. The van der Waals surface area contributed by atoms with Gasteiger partial charge < -0.3 is 13.9 Å². The highest BCUT2D eigenvalue weighted by atomic mass is 19.4. The van der Waals surface area contributed by atoms with Crippen LogP contribution in [0.15, 0.2) is 38.2 Å². The monoisotopic (exact) mass is 366 g/mol. The fourth-order valence-electron chi connectivity index (χ4n) is 2.90. The largest absolute Gasteiger partial charge is 0.461 e. The van der Waals surface area contributed by atoms with Crippen LogP contribution < -0.4 is 5.56 Å².